The lowest BCUT2D eigenvalue weighted by molar-refractivity contribution is 0.0220. The van der Waals surface area contributed by atoms with Crippen molar-refractivity contribution in [2.75, 3.05) is 45.9 Å². The Labute approximate surface area is 167 Å². The highest BCUT2D eigenvalue weighted by Gasteiger charge is 2.16. The molecule has 25 heavy (non-hydrogen) atoms. The zero-order valence-electron chi connectivity index (χ0n) is 15.5. The fraction of sp³-hybridized carbons (Fsp3) is 0.812. The van der Waals surface area contributed by atoms with Gasteiger partial charge >= 0.3 is 0 Å². The maximum Gasteiger partial charge on any atom is 0.226 e. The maximum absolute atomic E-state index is 5.40. The van der Waals surface area contributed by atoms with E-state index in [0.29, 0.717) is 17.8 Å². The molecule has 1 aliphatic heterocycles. The van der Waals surface area contributed by atoms with Crippen molar-refractivity contribution in [1.29, 1.82) is 0 Å². The highest BCUT2D eigenvalue weighted by Crippen LogP contribution is 2.04. The van der Waals surface area contributed by atoms with Crippen LogP contribution in [0.5, 0.6) is 0 Å². The molecule has 2 rings (SSSR count). The molecule has 0 amide bonds. The van der Waals surface area contributed by atoms with Crippen LogP contribution < -0.4 is 10.6 Å². The summed E-state index contributed by atoms with van der Waals surface area (Å²) in [5.74, 6) is 2.24. The molecule has 0 spiro atoms. The van der Waals surface area contributed by atoms with Crippen molar-refractivity contribution in [2.45, 2.75) is 39.7 Å². The van der Waals surface area contributed by atoms with E-state index in [1.165, 1.54) is 0 Å². The largest absolute Gasteiger partial charge is 0.379 e. The van der Waals surface area contributed by atoms with E-state index in [2.05, 4.69) is 39.5 Å². The third-order valence-electron chi connectivity index (χ3n) is 3.96. The number of aliphatic imine (C=N–C) groups is 1. The third kappa shape index (κ3) is 8.32. The topological polar surface area (TPSA) is 87.8 Å². The van der Waals surface area contributed by atoms with Gasteiger partial charge in [0.1, 0.15) is 0 Å². The summed E-state index contributed by atoms with van der Waals surface area (Å²) in [5, 5.41) is 10.4. The van der Waals surface area contributed by atoms with E-state index in [-0.39, 0.29) is 24.0 Å². The van der Waals surface area contributed by atoms with Crippen LogP contribution in [0.4, 0.5) is 0 Å². The van der Waals surface area contributed by atoms with Gasteiger partial charge in [-0.25, -0.2) is 0 Å². The summed E-state index contributed by atoms with van der Waals surface area (Å²) < 4.78 is 10.5. The molecule has 1 unspecified atom stereocenters. The van der Waals surface area contributed by atoms with E-state index >= 15 is 0 Å². The van der Waals surface area contributed by atoms with Gasteiger partial charge in [-0.05, 0) is 27.2 Å². The summed E-state index contributed by atoms with van der Waals surface area (Å²) in [4.78, 5) is 11.3. The molecule has 0 bridgehead atoms. The quantitative estimate of drug-likeness (QED) is 0.258. The van der Waals surface area contributed by atoms with Crippen LogP contribution in [0.3, 0.4) is 0 Å². The van der Waals surface area contributed by atoms with Gasteiger partial charge in [0.05, 0.1) is 19.8 Å². The first-order valence-electron chi connectivity index (χ1n) is 8.82. The summed E-state index contributed by atoms with van der Waals surface area (Å²) >= 11 is 0. The van der Waals surface area contributed by atoms with Crippen LogP contribution in [-0.4, -0.2) is 73.0 Å². The summed E-state index contributed by atoms with van der Waals surface area (Å²) in [6, 6.07) is 0.422. The molecule has 9 heteroatoms. The first-order chi connectivity index (χ1) is 11.7. The standard InChI is InChI=1S/C16H30N6O2.HI/c1-4-17-16(18-7-5-6-15-20-14(3)21-24-15)19-12-13(2)22-8-10-23-11-9-22;/h13H,4-12H2,1-3H3,(H2,17,18,19);1H. The van der Waals surface area contributed by atoms with Gasteiger partial charge in [-0.3, -0.25) is 9.89 Å². The Kier molecular flexibility index (Phi) is 11.0. The second-order valence-electron chi connectivity index (χ2n) is 5.98. The molecule has 1 aromatic rings. The molecule has 0 aromatic carbocycles. The fourth-order valence-corrected chi connectivity index (χ4v) is 2.59. The molecule has 1 fully saturated rings. The average Bonchev–Trinajstić information content (AvgIpc) is 3.02. The van der Waals surface area contributed by atoms with Crippen LogP contribution >= 0.6 is 24.0 Å². The minimum absolute atomic E-state index is 0. The number of guanidine groups is 1. The van der Waals surface area contributed by atoms with Crippen LogP contribution in [0.15, 0.2) is 9.52 Å². The Bertz CT molecular complexity index is 505. The van der Waals surface area contributed by atoms with Gasteiger partial charge in [-0.1, -0.05) is 5.16 Å². The summed E-state index contributed by atoms with van der Waals surface area (Å²) in [6.45, 7) is 12.2. The fourth-order valence-electron chi connectivity index (χ4n) is 2.59. The number of aromatic nitrogens is 2. The normalized spacial score (nSPS) is 17.0. The molecular weight excluding hydrogens is 435 g/mol. The summed E-state index contributed by atoms with van der Waals surface area (Å²) in [7, 11) is 0. The summed E-state index contributed by atoms with van der Waals surface area (Å²) in [5.41, 5.74) is 0. The predicted octanol–water partition coefficient (Wildman–Crippen LogP) is 1.20. The van der Waals surface area contributed by atoms with Gasteiger partial charge in [0, 0.05) is 38.6 Å². The monoisotopic (exact) mass is 466 g/mol. The molecule has 1 atom stereocenters. The SMILES string of the molecule is CCNC(=NCC(C)N1CCOCC1)NCCCc1nc(C)no1.I. The van der Waals surface area contributed by atoms with Crippen LogP contribution in [-0.2, 0) is 11.2 Å². The summed E-state index contributed by atoms with van der Waals surface area (Å²) in [6.07, 6.45) is 1.70. The number of rotatable bonds is 8. The van der Waals surface area contributed by atoms with E-state index in [1.54, 1.807) is 0 Å². The highest BCUT2D eigenvalue weighted by atomic mass is 127. The van der Waals surface area contributed by atoms with E-state index in [0.717, 1.165) is 64.7 Å². The van der Waals surface area contributed by atoms with Crippen molar-refractivity contribution in [3.63, 3.8) is 0 Å². The molecule has 0 aliphatic carbocycles. The molecule has 1 aromatic heterocycles. The Hall–Kier alpha value is -0.940. The molecule has 0 saturated carbocycles. The van der Waals surface area contributed by atoms with E-state index in [4.69, 9.17) is 14.3 Å². The molecule has 1 aliphatic rings. The maximum atomic E-state index is 5.40. The zero-order valence-corrected chi connectivity index (χ0v) is 17.8. The Morgan fingerprint density at radius 2 is 2.08 bits per heavy atom. The highest BCUT2D eigenvalue weighted by molar-refractivity contribution is 14.0. The van der Waals surface area contributed by atoms with Gasteiger partial charge in [-0.2, -0.15) is 4.98 Å². The van der Waals surface area contributed by atoms with Crippen LogP contribution in [0.1, 0.15) is 32.0 Å². The number of hydrogen-bond acceptors (Lipinski definition) is 6. The predicted molar refractivity (Wildman–Crippen MR) is 109 cm³/mol. The number of nitrogens with zero attached hydrogens (tertiary/aromatic N) is 4. The van der Waals surface area contributed by atoms with Crippen molar-refractivity contribution >= 4 is 29.9 Å². The van der Waals surface area contributed by atoms with Crippen molar-refractivity contribution < 1.29 is 9.26 Å². The minimum Gasteiger partial charge on any atom is -0.379 e. The van der Waals surface area contributed by atoms with Crippen LogP contribution in [0.25, 0.3) is 0 Å². The molecular formula is C16H31IN6O2. The Balaban J connectivity index is 0.00000312. The van der Waals surface area contributed by atoms with Crippen molar-refractivity contribution in [3.05, 3.63) is 11.7 Å². The molecule has 144 valence electrons. The van der Waals surface area contributed by atoms with Crippen LogP contribution in [0.2, 0.25) is 0 Å². The molecule has 0 radical (unpaired) electrons. The molecule has 2 N–H and O–H groups in total. The number of halogens is 1. The molecule has 2 heterocycles. The first-order valence-corrected chi connectivity index (χ1v) is 8.82. The first kappa shape index (κ1) is 22.1. The lowest BCUT2D eigenvalue weighted by Gasteiger charge is -2.31. The average molecular weight is 466 g/mol. The number of hydrogen-bond donors (Lipinski definition) is 2. The Morgan fingerprint density at radius 1 is 1.32 bits per heavy atom. The second kappa shape index (κ2) is 12.4. The number of nitrogens with one attached hydrogen (secondary N) is 2. The van der Waals surface area contributed by atoms with Gasteiger partial charge in [-0.15, -0.1) is 24.0 Å². The smallest absolute Gasteiger partial charge is 0.226 e. The van der Waals surface area contributed by atoms with Gasteiger partial charge < -0.3 is 19.9 Å². The molecule has 1 saturated heterocycles. The minimum atomic E-state index is 0. The van der Waals surface area contributed by atoms with E-state index in [9.17, 15) is 0 Å². The van der Waals surface area contributed by atoms with E-state index < -0.39 is 0 Å². The van der Waals surface area contributed by atoms with Crippen molar-refractivity contribution in [3.8, 4) is 0 Å². The lowest BCUT2D eigenvalue weighted by Crippen LogP contribution is -2.44. The number of ether oxygens (including phenoxy) is 1. The zero-order chi connectivity index (χ0) is 17.2. The van der Waals surface area contributed by atoms with Gasteiger partial charge in [0.25, 0.3) is 0 Å². The second-order valence-corrected chi connectivity index (χ2v) is 5.98. The lowest BCUT2D eigenvalue weighted by atomic mass is 10.2. The van der Waals surface area contributed by atoms with Crippen molar-refractivity contribution in [1.82, 2.24) is 25.7 Å². The Morgan fingerprint density at radius 3 is 2.72 bits per heavy atom. The number of aryl methyl sites for hydroxylation is 2. The van der Waals surface area contributed by atoms with Crippen molar-refractivity contribution in [2.24, 2.45) is 4.99 Å². The molecule has 8 nitrogen and oxygen atoms in total. The van der Waals surface area contributed by atoms with E-state index in [1.807, 2.05) is 6.92 Å². The van der Waals surface area contributed by atoms with Crippen LogP contribution in [0, 0.1) is 6.92 Å². The van der Waals surface area contributed by atoms with Gasteiger partial charge in [0.2, 0.25) is 5.89 Å². The van der Waals surface area contributed by atoms with Gasteiger partial charge in [0.15, 0.2) is 11.8 Å². The number of morpholine rings is 1. The third-order valence-corrected chi connectivity index (χ3v) is 3.96.